The monoisotopic (exact) mass is 144 g/mol. The zero-order valence-electron chi connectivity index (χ0n) is 5.70. The molecule has 0 aromatic heterocycles. The largest absolute Gasteiger partial charge is 0.119 e. The average Bonchev–Trinajstić information content (AvgIpc) is 1.90. The maximum atomic E-state index is 6.30. The van der Waals surface area contributed by atoms with E-state index in [1.807, 2.05) is 0 Å². The number of fused-ring (bicyclic) bond motifs is 3. The molecule has 52 valence electrons. The summed E-state index contributed by atoms with van der Waals surface area (Å²) in [6.45, 7) is 0. The third kappa shape index (κ3) is 0.980. The topological polar surface area (TPSA) is 0 Å². The van der Waals surface area contributed by atoms with Crippen LogP contribution in [0.3, 0.4) is 0 Å². The summed E-state index contributed by atoms with van der Waals surface area (Å²) in [4.78, 5) is 0.259. The molecule has 0 amide bonds. The molecule has 0 atom stereocenters. The van der Waals surface area contributed by atoms with Crippen LogP contribution in [0, 0.1) is 5.92 Å². The van der Waals surface area contributed by atoms with E-state index >= 15 is 0 Å². The van der Waals surface area contributed by atoms with Crippen LogP contribution in [0.15, 0.2) is 0 Å². The van der Waals surface area contributed by atoms with Gasteiger partial charge in [-0.25, -0.2) is 0 Å². The van der Waals surface area contributed by atoms with Gasteiger partial charge >= 0.3 is 0 Å². The average molecular weight is 145 g/mol. The van der Waals surface area contributed by atoms with Crippen molar-refractivity contribution in [3.8, 4) is 0 Å². The Balaban J connectivity index is 2.11. The number of hydrogen-bond acceptors (Lipinski definition) is 0. The molecule has 3 aliphatic rings. The molecule has 0 unspecified atom stereocenters. The van der Waals surface area contributed by atoms with Crippen molar-refractivity contribution >= 4 is 11.6 Å². The highest BCUT2D eigenvalue weighted by atomic mass is 35.5. The Hall–Kier alpha value is 0.290. The molecule has 0 aromatic rings. The highest BCUT2D eigenvalue weighted by Gasteiger charge is 2.38. The molecule has 0 aliphatic heterocycles. The summed E-state index contributed by atoms with van der Waals surface area (Å²) in [5.74, 6) is 1.05. The molecule has 0 heterocycles. The molecule has 9 heavy (non-hydrogen) atoms. The van der Waals surface area contributed by atoms with E-state index in [0.717, 1.165) is 5.92 Å². The molecule has 0 spiro atoms. The van der Waals surface area contributed by atoms with Crippen molar-refractivity contribution in [2.75, 3.05) is 0 Å². The van der Waals surface area contributed by atoms with Gasteiger partial charge in [-0.2, -0.15) is 0 Å². The van der Waals surface area contributed by atoms with Gasteiger partial charge in [0.25, 0.3) is 0 Å². The second-order valence-corrected chi connectivity index (χ2v) is 4.43. The lowest BCUT2D eigenvalue weighted by Gasteiger charge is -2.42. The van der Waals surface area contributed by atoms with E-state index in [4.69, 9.17) is 11.6 Å². The fraction of sp³-hybridized carbons (Fsp3) is 1.00. The molecule has 1 heteroatoms. The fourth-order valence-electron chi connectivity index (χ4n) is 2.20. The summed E-state index contributed by atoms with van der Waals surface area (Å²) in [6.07, 6.45) is 8.09. The van der Waals surface area contributed by atoms with Gasteiger partial charge < -0.3 is 0 Å². The van der Waals surface area contributed by atoms with E-state index in [0.29, 0.717) is 0 Å². The molecule has 3 saturated carbocycles. The summed E-state index contributed by atoms with van der Waals surface area (Å²) < 4.78 is 0. The molecule has 2 bridgehead atoms. The van der Waals surface area contributed by atoms with E-state index in [1.165, 1.54) is 38.5 Å². The van der Waals surface area contributed by atoms with Crippen molar-refractivity contribution in [1.29, 1.82) is 0 Å². The first-order valence-corrected chi connectivity index (χ1v) is 4.35. The summed E-state index contributed by atoms with van der Waals surface area (Å²) >= 11 is 6.30. The summed E-state index contributed by atoms with van der Waals surface area (Å²) in [7, 11) is 0. The second kappa shape index (κ2) is 1.88. The Morgan fingerprint density at radius 3 is 1.67 bits per heavy atom. The molecule has 0 nitrogen and oxygen atoms in total. The van der Waals surface area contributed by atoms with Gasteiger partial charge in [0.2, 0.25) is 0 Å². The molecular formula is C8H13Cl. The molecular weight excluding hydrogens is 132 g/mol. The Labute approximate surface area is 61.6 Å². The number of halogens is 1. The quantitative estimate of drug-likeness (QED) is 0.459. The lowest BCUT2D eigenvalue weighted by Crippen LogP contribution is -2.34. The lowest BCUT2D eigenvalue weighted by atomic mass is 9.70. The Morgan fingerprint density at radius 1 is 1.00 bits per heavy atom. The molecule has 3 rings (SSSR count). The minimum atomic E-state index is 0.259. The summed E-state index contributed by atoms with van der Waals surface area (Å²) in [5.41, 5.74) is 0. The van der Waals surface area contributed by atoms with Crippen LogP contribution in [0.5, 0.6) is 0 Å². The lowest BCUT2D eigenvalue weighted by molar-refractivity contribution is 0.197. The van der Waals surface area contributed by atoms with Crippen molar-refractivity contribution in [2.45, 2.75) is 43.4 Å². The molecule has 3 fully saturated rings. The first kappa shape index (κ1) is 6.03. The standard InChI is InChI=1S/C8H13Cl/c9-8-4-1-7(2-5-8)3-6-8/h7H,1-6H2. The molecule has 0 N–H and O–H groups in total. The predicted octanol–water partition coefficient (Wildman–Crippen LogP) is 2.95. The first-order valence-electron chi connectivity index (χ1n) is 3.97. The number of rotatable bonds is 0. The van der Waals surface area contributed by atoms with Crippen LogP contribution in [-0.2, 0) is 0 Å². The van der Waals surface area contributed by atoms with Crippen LogP contribution in [-0.4, -0.2) is 4.87 Å². The molecule has 0 radical (unpaired) electrons. The van der Waals surface area contributed by atoms with Crippen molar-refractivity contribution in [3.05, 3.63) is 0 Å². The maximum absolute atomic E-state index is 6.30. The third-order valence-corrected chi connectivity index (χ3v) is 3.57. The number of alkyl halides is 1. The Morgan fingerprint density at radius 2 is 1.44 bits per heavy atom. The molecule has 3 aliphatic carbocycles. The van der Waals surface area contributed by atoms with Gasteiger partial charge in [-0.15, -0.1) is 11.6 Å². The summed E-state index contributed by atoms with van der Waals surface area (Å²) in [6, 6.07) is 0. The van der Waals surface area contributed by atoms with Gasteiger partial charge in [-0.05, 0) is 44.4 Å². The Kier molecular flexibility index (Phi) is 1.26. The van der Waals surface area contributed by atoms with Crippen LogP contribution in [0.25, 0.3) is 0 Å². The van der Waals surface area contributed by atoms with Crippen LogP contribution < -0.4 is 0 Å². The SMILES string of the molecule is ClC12CCC(CC1)CC2. The normalized spacial score (nSPS) is 49.7. The third-order valence-electron chi connectivity index (χ3n) is 3.00. The minimum absolute atomic E-state index is 0.259. The van der Waals surface area contributed by atoms with Crippen molar-refractivity contribution in [2.24, 2.45) is 5.92 Å². The van der Waals surface area contributed by atoms with Crippen LogP contribution in [0.4, 0.5) is 0 Å². The van der Waals surface area contributed by atoms with Crippen molar-refractivity contribution in [3.63, 3.8) is 0 Å². The zero-order valence-corrected chi connectivity index (χ0v) is 6.45. The van der Waals surface area contributed by atoms with E-state index in [2.05, 4.69) is 0 Å². The fourth-order valence-corrected chi connectivity index (χ4v) is 2.52. The van der Waals surface area contributed by atoms with Crippen LogP contribution in [0.1, 0.15) is 38.5 Å². The van der Waals surface area contributed by atoms with Gasteiger partial charge in [-0.3, -0.25) is 0 Å². The van der Waals surface area contributed by atoms with Gasteiger partial charge in [0.1, 0.15) is 0 Å². The highest BCUT2D eigenvalue weighted by molar-refractivity contribution is 6.24. The van der Waals surface area contributed by atoms with Gasteiger partial charge in [0.15, 0.2) is 0 Å². The van der Waals surface area contributed by atoms with E-state index in [1.54, 1.807) is 0 Å². The summed E-state index contributed by atoms with van der Waals surface area (Å²) in [5, 5.41) is 0. The van der Waals surface area contributed by atoms with Crippen molar-refractivity contribution in [1.82, 2.24) is 0 Å². The predicted molar refractivity (Wildman–Crippen MR) is 39.8 cm³/mol. The number of hydrogen-bond donors (Lipinski definition) is 0. The minimum Gasteiger partial charge on any atom is -0.119 e. The van der Waals surface area contributed by atoms with Crippen LogP contribution in [0.2, 0.25) is 0 Å². The van der Waals surface area contributed by atoms with Crippen molar-refractivity contribution < 1.29 is 0 Å². The first-order chi connectivity index (χ1) is 4.29. The van der Waals surface area contributed by atoms with E-state index in [9.17, 15) is 0 Å². The highest BCUT2D eigenvalue weighted by Crippen LogP contribution is 2.47. The van der Waals surface area contributed by atoms with Crippen LogP contribution >= 0.6 is 11.6 Å². The van der Waals surface area contributed by atoms with Gasteiger partial charge in [0.05, 0.1) is 0 Å². The van der Waals surface area contributed by atoms with E-state index in [-0.39, 0.29) is 4.87 Å². The van der Waals surface area contributed by atoms with Gasteiger partial charge in [0, 0.05) is 4.87 Å². The molecule has 0 saturated heterocycles. The maximum Gasteiger partial charge on any atom is 0.0447 e. The van der Waals surface area contributed by atoms with E-state index < -0.39 is 0 Å². The smallest absolute Gasteiger partial charge is 0.0447 e. The van der Waals surface area contributed by atoms with Gasteiger partial charge in [-0.1, -0.05) is 0 Å². The zero-order chi connectivity index (χ0) is 6.32. The second-order valence-electron chi connectivity index (χ2n) is 3.63. The Bertz CT molecular complexity index is 98.0. The molecule has 0 aromatic carbocycles.